The average Bonchev–Trinajstić information content (AvgIpc) is 2.42. The van der Waals surface area contributed by atoms with E-state index in [9.17, 15) is 4.79 Å². The lowest BCUT2D eigenvalue weighted by atomic mass is 10.1. The van der Waals surface area contributed by atoms with Crippen LogP contribution < -0.4 is 4.90 Å². The fraction of sp³-hybridized carbons (Fsp3) is 0.400. The van der Waals surface area contributed by atoms with Crippen molar-refractivity contribution in [1.82, 2.24) is 0 Å². The number of benzene rings is 1. The number of carbonyl (C=O) groups is 1. The lowest BCUT2D eigenvalue weighted by Crippen LogP contribution is -2.33. The van der Waals surface area contributed by atoms with Crippen LogP contribution in [0, 0.1) is 0 Å². The summed E-state index contributed by atoms with van der Waals surface area (Å²) in [5.41, 5.74) is 1.81. The highest BCUT2D eigenvalue weighted by Crippen LogP contribution is 2.27. The van der Waals surface area contributed by atoms with Gasteiger partial charge in [0.1, 0.15) is 0 Å². The molecule has 1 aromatic rings. The van der Waals surface area contributed by atoms with Crippen LogP contribution in [0.15, 0.2) is 24.3 Å². The molecule has 0 saturated heterocycles. The van der Waals surface area contributed by atoms with Gasteiger partial charge in [0.25, 0.3) is 0 Å². The van der Waals surface area contributed by atoms with Crippen molar-refractivity contribution in [3.8, 4) is 0 Å². The number of halogens is 1. The Morgan fingerprint density at radius 1 is 1.55 bits per heavy atom. The molecule has 110 valence electrons. The molecule has 0 fully saturated rings. The van der Waals surface area contributed by atoms with E-state index in [0.717, 1.165) is 29.5 Å². The van der Waals surface area contributed by atoms with E-state index in [4.69, 9.17) is 16.7 Å². The van der Waals surface area contributed by atoms with Gasteiger partial charge >= 0.3 is 5.97 Å². The summed E-state index contributed by atoms with van der Waals surface area (Å²) in [5, 5.41) is 9.38. The molecule has 0 aliphatic rings. The van der Waals surface area contributed by atoms with Gasteiger partial charge in [-0.2, -0.15) is 11.8 Å². The SMILES string of the molecule is CCC(CSC)N(C)c1ccc(Cl)cc1/C=C/C(=O)O. The Balaban J connectivity index is 3.12. The predicted octanol–water partition coefficient (Wildman–Crippen LogP) is 4.02. The van der Waals surface area contributed by atoms with E-state index in [1.54, 1.807) is 23.9 Å². The van der Waals surface area contributed by atoms with Crippen molar-refractivity contribution in [1.29, 1.82) is 0 Å². The first-order valence-corrected chi connectivity index (χ1v) is 8.19. The first kappa shape index (κ1) is 16.9. The van der Waals surface area contributed by atoms with Crippen molar-refractivity contribution in [2.75, 3.05) is 24.0 Å². The summed E-state index contributed by atoms with van der Waals surface area (Å²) in [7, 11) is 2.03. The van der Waals surface area contributed by atoms with Crippen LogP contribution >= 0.6 is 23.4 Å². The Bertz CT molecular complexity index is 491. The molecule has 3 nitrogen and oxygen atoms in total. The predicted molar refractivity (Wildman–Crippen MR) is 89.0 cm³/mol. The number of aliphatic carboxylic acids is 1. The van der Waals surface area contributed by atoms with Crippen LogP contribution in [0.3, 0.4) is 0 Å². The van der Waals surface area contributed by atoms with Gasteiger partial charge < -0.3 is 10.0 Å². The summed E-state index contributed by atoms with van der Waals surface area (Å²) >= 11 is 7.81. The molecular weight excluding hydrogens is 294 g/mol. The van der Waals surface area contributed by atoms with Crippen LogP contribution in [0.25, 0.3) is 6.08 Å². The maximum absolute atomic E-state index is 10.7. The molecule has 1 rings (SSSR count). The molecule has 1 unspecified atom stereocenters. The first-order chi connectivity index (χ1) is 9.49. The van der Waals surface area contributed by atoms with E-state index < -0.39 is 5.97 Å². The Hall–Kier alpha value is -1.13. The number of anilines is 1. The van der Waals surface area contributed by atoms with Crippen molar-refractivity contribution in [2.24, 2.45) is 0 Å². The zero-order chi connectivity index (χ0) is 15.1. The van der Waals surface area contributed by atoms with Gasteiger partial charge in [0, 0.05) is 35.6 Å². The van der Waals surface area contributed by atoms with Crippen LogP contribution in [0.5, 0.6) is 0 Å². The minimum absolute atomic E-state index is 0.406. The number of nitrogens with zero attached hydrogens (tertiary/aromatic N) is 1. The molecule has 0 amide bonds. The Morgan fingerprint density at radius 2 is 2.25 bits per heavy atom. The summed E-state index contributed by atoms with van der Waals surface area (Å²) in [4.78, 5) is 12.9. The maximum atomic E-state index is 10.7. The van der Waals surface area contributed by atoms with Crippen molar-refractivity contribution in [3.63, 3.8) is 0 Å². The van der Waals surface area contributed by atoms with Crippen LogP contribution in [0.4, 0.5) is 5.69 Å². The number of hydrogen-bond acceptors (Lipinski definition) is 3. The van der Waals surface area contributed by atoms with Gasteiger partial charge in [-0.1, -0.05) is 18.5 Å². The first-order valence-electron chi connectivity index (χ1n) is 6.41. The Morgan fingerprint density at radius 3 is 2.80 bits per heavy atom. The van der Waals surface area contributed by atoms with E-state index in [2.05, 4.69) is 18.1 Å². The molecule has 0 aliphatic heterocycles. The molecular formula is C15H20ClNO2S. The van der Waals surface area contributed by atoms with E-state index in [1.807, 2.05) is 19.2 Å². The van der Waals surface area contributed by atoms with Gasteiger partial charge in [-0.05, 0) is 42.5 Å². The number of hydrogen-bond donors (Lipinski definition) is 1. The van der Waals surface area contributed by atoms with Crippen LogP contribution in [-0.4, -0.2) is 36.2 Å². The van der Waals surface area contributed by atoms with E-state index in [0.29, 0.717) is 11.1 Å². The molecule has 20 heavy (non-hydrogen) atoms. The largest absolute Gasteiger partial charge is 0.478 e. The van der Waals surface area contributed by atoms with Gasteiger partial charge in [0.2, 0.25) is 0 Å². The van der Waals surface area contributed by atoms with Crippen molar-refractivity contribution in [2.45, 2.75) is 19.4 Å². The lowest BCUT2D eigenvalue weighted by Gasteiger charge is -2.30. The second kappa shape index (κ2) is 8.22. The summed E-state index contributed by atoms with van der Waals surface area (Å²) in [6, 6.07) is 5.96. The molecule has 0 heterocycles. The molecule has 0 aliphatic carbocycles. The van der Waals surface area contributed by atoms with Crippen LogP contribution in [-0.2, 0) is 4.79 Å². The molecule has 1 N–H and O–H groups in total. The fourth-order valence-corrected chi connectivity index (χ4v) is 3.06. The summed E-state index contributed by atoms with van der Waals surface area (Å²) in [5.74, 6) is 0.0623. The molecule has 0 saturated carbocycles. The minimum atomic E-state index is -0.963. The van der Waals surface area contributed by atoms with Crippen LogP contribution in [0.2, 0.25) is 5.02 Å². The zero-order valence-electron chi connectivity index (χ0n) is 12.0. The molecule has 0 spiro atoms. The molecule has 0 radical (unpaired) electrons. The third-order valence-corrected chi connectivity index (χ3v) is 4.11. The fourth-order valence-electron chi connectivity index (χ4n) is 2.03. The number of thioether (sulfide) groups is 1. The van der Waals surface area contributed by atoms with Crippen molar-refractivity contribution >= 4 is 41.1 Å². The van der Waals surface area contributed by atoms with E-state index in [-0.39, 0.29) is 0 Å². The number of carboxylic acids is 1. The Labute approximate surface area is 129 Å². The second-order valence-electron chi connectivity index (χ2n) is 4.50. The maximum Gasteiger partial charge on any atom is 0.328 e. The lowest BCUT2D eigenvalue weighted by molar-refractivity contribution is -0.131. The number of carboxylic acid groups (broad SMARTS) is 1. The number of rotatable bonds is 7. The van der Waals surface area contributed by atoms with Gasteiger partial charge in [0.15, 0.2) is 0 Å². The molecule has 5 heteroatoms. The van der Waals surface area contributed by atoms with Crippen molar-refractivity contribution < 1.29 is 9.90 Å². The molecule has 0 aromatic heterocycles. The summed E-state index contributed by atoms with van der Waals surface area (Å²) in [6.07, 6.45) is 5.84. The van der Waals surface area contributed by atoms with Gasteiger partial charge in [-0.3, -0.25) is 0 Å². The quantitative estimate of drug-likeness (QED) is 0.772. The monoisotopic (exact) mass is 313 g/mol. The molecule has 1 aromatic carbocycles. The highest BCUT2D eigenvalue weighted by Gasteiger charge is 2.15. The zero-order valence-corrected chi connectivity index (χ0v) is 13.5. The van der Waals surface area contributed by atoms with E-state index in [1.165, 1.54) is 0 Å². The van der Waals surface area contributed by atoms with Crippen molar-refractivity contribution in [3.05, 3.63) is 34.9 Å². The topological polar surface area (TPSA) is 40.5 Å². The Kier molecular flexibility index (Phi) is 6.96. The third-order valence-electron chi connectivity index (χ3n) is 3.15. The minimum Gasteiger partial charge on any atom is -0.478 e. The summed E-state index contributed by atoms with van der Waals surface area (Å²) in [6.45, 7) is 2.15. The smallest absolute Gasteiger partial charge is 0.328 e. The highest BCUT2D eigenvalue weighted by molar-refractivity contribution is 7.98. The van der Waals surface area contributed by atoms with Crippen LogP contribution in [0.1, 0.15) is 18.9 Å². The normalized spacial score (nSPS) is 12.6. The highest BCUT2D eigenvalue weighted by atomic mass is 35.5. The van der Waals surface area contributed by atoms with Gasteiger partial charge in [-0.25, -0.2) is 4.79 Å². The summed E-state index contributed by atoms with van der Waals surface area (Å²) < 4.78 is 0. The molecule has 1 atom stereocenters. The standard InChI is InChI=1S/C15H20ClNO2S/c1-4-13(10-20-3)17(2)14-7-6-12(16)9-11(14)5-8-15(18)19/h5-9,13H,4,10H2,1-3H3,(H,18,19)/b8-5+. The van der Waals surface area contributed by atoms with Gasteiger partial charge in [0.05, 0.1) is 0 Å². The molecule has 0 bridgehead atoms. The van der Waals surface area contributed by atoms with E-state index >= 15 is 0 Å². The third kappa shape index (κ3) is 4.76. The average molecular weight is 314 g/mol. The second-order valence-corrected chi connectivity index (χ2v) is 5.85. The van der Waals surface area contributed by atoms with Gasteiger partial charge in [-0.15, -0.1) is 0 Å².